The number of primary amides is 1. The Morgan fingerprint density at radius 3 is 2.40 bits per heavy atom. The van der Waals surface area contributed by atoms with Crippen molar-refractivity contribution < 1.29 is 13.2 Å². The summed E-state index contributed by atoms with van der Waals surface area (Å²) in [5.41, 5.74) is 5.32. The molecule has 0 radical (unpaired) electrons. The average molecular weight is 303 g/mol. The van der Waals surface area contributed by atoms with Crippen molar-refractivity contribution in [3.63, 3.8) is 0 Å². The highest BCUT2D eigenvalue weighted by atomic mass is 32.2. The third-order valence-electron chi connectivity index (χ3n) is 4.57. The lowest BCUT2D eigenvalue weighted by molar-refractivity contribution is -0.122. The Bertz CT molecular complexity index is 446. The first-order valence-corrected chi connectivity index (χ1v) is 8.85. The zero-order valence-corrected chi connectivity index (χ0v) is 12.9. The molecule has 2 N–H and O–H groups in total. The molecule has 6 nitrogen and oxygen atoms in total. The Hall–Kier alpha value is -0.660. The van der Waals surface area contributed by atoms with E-state index in [0.29, 0.717) is 19.4 Å². The van der Waals surface area contributed by atoms with Gasteiger partial charge in [-0.25, -0.2) is 0 Å². The highest BCUT2D eigenvalue weighted by Crippen LogP contribution is 2.27. The minimum Gasteiger partial charge on any atom is -0.369 e. The lowest BCUT2D eigenvalue weighted by Gasteiger charge is -2.37. The quantitative estimate of drug-likeness (QED) is 0.829. The first-order chi connectivity index (χ1) is 9.43. The topological polar surface area (TPSA) is 83.7 Å². The zero-order valence-electron chi connectivity index (χ0n) is 12.1. The van der Waals surface area contributed by atoms with Crippen LogP contribution in [0.3, 0.4) is 0 Å². The molecule has 2 fully saturated rings. The van der Waals surface area contributed by atoms with E-state index >= 15 is 0 Å². The van der Waals surface area contributed by atoms with Crippen LogP contribution in [0.25, 0.3) is 0 Å². The highest BCUT2D eigenvalue weighted by molar-refractivity contribution is 7.86. The van der Waals surface area contributed by atoms with Crippen LogP contribution in [0.5, 0.6) is 0 Å². The van der Waals surface area contributed by atoms with Crippen molar-refractivity contribution in [3.8, 4) is 0 Å². The van der Waals surface area contributed by atoms with Crippen molar-refractivity contribution in [1.29, 1.82) is 0 Å². The van der Waals surface area contributed by atoms with Gasteiger partial charge in [0.1, 0.15) is 0 Å². The first-order valence-electron chi connectivity index (χ1n) is 7.45. The van der Waals surface area contributed by atoms with Crippen LogP contribution in [0.15, 0.2) is 0 Å². The fourth-order valence-corrected chi connectivity index (χ4v) is 4.88. The predicted octanol–water partition coefficient (Wildman–Crippen LogP) is 0.693. The molecule has 1 atom stereocenters. The van der Waals surface area contributed by atoms with E-state index in [9.17, 15) is 13.2 Å². The monoisotopic (exact) mass is 303 g/mol. The SMILES string of the molecule is CN(C1CCCCC1)S(=O)(=O)N1CCCC(C(N)=O)C1. The molecule has 0 aromatic carbocycles. The van der Waals surface area contributed by atoms with Crippen LogP contribution in [-0.4, -0.2) is 49.1 Å². The van der Waals surface area contributed by atoms with Crippen LogP contribution in [0.1, 0.15) is 44.9 Å². The molecule has 20 heavy (non-hydrogen) atoms. The van der Waals surface area contributed by atoms with E-state index in [2.05, 4.69) is 0 Å². The van der Waals surface area contributed by atoms with Gasteiger partial charge >= 0.3 is 0 Å². The molecule has 7 heteroatoms. The molecule has 1 amide bonds. The van der Waals surface area contributed by atoms with E-state index < -0.39 is 16.1 Å². The zero-order chi connectivity index (χ0) is 14.8. The molecule has 1 heterocycles. The number of amides is 1. The first kappa shape index (κ1) is 15.7. The Balaban J connectivity index is 2.06. The summed E-state index contributed by atoms with van der Waals surface area (Å²) in [5, 5.41) is 0. The molecule has 0 spiro atoms. The maximum absolute atomic E-state index is 12.7. The minimum atomic E-state index is -3.47. The van der Waals surface area contributed by atoms with E-state index in [1.165, 1.54) is 15.0 Å². The third-order valence-corrected chi connectivity index (χ3v) is 6.58. The second-order valence-electron chi connectivity index (χ2n) is 5.92. The van der Waals surface area contributed by atoms with Crippen molar-refractivity contribution in [2.75, 3.05) is 20.1 Å². The molecule has 2 aliphatic rings. The molecular weight excluding hydrogens is 278 g/mol. The van der Waals surface area contributed by atoms with Crippen molar-refractivity contribution in [2.45, 2.75) is 51.0 Å². The lowest BCUT2D eigenvalue weighted by atomic mass is 9.96. The average Bonchev–Trinajstić information content (AvgIpc) is 2.47. The number of carbonyl (C=O) groups excluding carboxylic acids is 1. The Kier molecular flexibility index (Phi) is 5.04. The molecule has 0 aromatic rings. The largest absolute Gasteiger partial charge is 0.369 e. The van der Waals surface area contributed by atoms with Crippen molar-refractivity contribution in [1.82, 2.24) is 8.61 Å². The maximum Gasteiger partial charge on any atom is 0.281 e. The summed E-state index contributed by atoms with van der Waals surface area (Å²) in [7, 11) is -1.80. The molecule has 0 aromatic heterocycles. The molecule has 116 valence electrons. The number of hydrogen-bond donors (Lipinski definition) is 1. The highest BCUT2D eigenvalue weighted by Gasteiger charge is 2.36. The second kappa shape index (κ2) is 6.41. The molecule has 2 rings (SSSR count). The molecule has 0 bridgehead atoms. The summed E-state index contributed by atoms with van der Waals surface area (Å²) < 4.78 is 28.2. The van der Waals surface area contributed by atoms with Gasteiger partial charge in [-0.1, -0.05) is 19.3 Å². The summed E-state index contributed by atoms with van der Waals surface area (Å²) in [4.78, 5) is 11.3. The summed E-state index contributed by atoms with van der Waals surface area (Å²) in [5.74, 6) is -0.747. The van der Waals surface area contributed by atoms with Gasteiger partial charge in [0.2, 0.25) is 5.91 Å². The summed E-state index contributed by atoms with van der Waals surface area (Å²) in [6, 6.07) is 0.0997. The van der Waals surface area contributed by atoms with Gasteiger partial charge in [-0.2, -0.15) is 17.0 Å². The van der Waals surface area contributed by atoms with E-state index in [0.717, 1.165) is 25.7 Å². The Morgan fingerprint density at radius 1 is 1.15 bits per heavy atom. The number of piperidine rings is 1. The van der Waals surface area contributed by atoms with Crippen LogP contribution in [0.4, 0.5) is 0 Å². The second-order valence-corrected chi connectivity index (χ2v) is 7.90. The van der Waals surface area contributed by atoms with Crippen molar-refractivity contribution >= 4 is 16.1 Å². The fourth-order valence-electron chi connectivity index (χ4n) is 3.20. The van der Waals surface area contributed by atoms with Gasteiger partial charge in [0.15, 0.2) is 0 Å². The molecule has 1 aliphatic heterocycles. The predicted molar refractivity (Wildman–Crippen MR) is 77.0 cm³/mol. The van der Waals surface area contributed by atoms with Crippen molar-refractivity contribution in [2.24, 2.45) is 11.7 Å². The summed E-state index contributed by atoms with van der Waals surface area (Å²) in [6.45, 7) is 0.720. The van der Waals surface area contributed by atoms with Crippen LogP contribution in [0.2, 0.25) is 0 Å². The van der Waals surface area contributed by atoms with Gasteiger partial charge in [-0.05, 0) is 25.7 Å². The fraction of sp³-hybridized carbons (Fsp3) is 0.923. The number of nitrogens with two attached hydrogens (primary N) is 1. The Labute approximate surface area is 121 Å². The number of hydrogen-bond acceptors (Lipinski definition) is 3. The van der Waals surface area contributed by atoms with E-state index in [4.69, 9.17) is 5.73 Å². The lowest BCUT2D eigenvalue weighted by Crippen LogP contribution is -2.51. The van der Waals surface area contributed by atoms with Gasteiger partial charge in [0.25, 0.3) is 10.2 Å². The van der Waals surface area contributed by atoms with Gasteiger partial charge in [0, 0.05) is 26.2 Å². The van der Waals surface area contributed by atoms with Gasteiger partial charge in [0.05, 0.1) is 5.92 Å². The molecule has 1 aliphatic carbocycles. The minimum absolute atomic E-state index is 0.0997. The van der Waals surface area contributed by atoms with Gasteiger partial charge in [-0.15, -0.1) is 0 Å². The molecule has 1 saturated heterocycles. The van der Waals surface area contributed by atoms with Crippen LogP contribution >= 0.6 is 0 Å². The van der Waals surface area contributed by atoms with Crippen molar-refractivity contribution in [3.05, 3.63) is 0 Å². The maximum atomic E-state index is 12.7. The Morgan fingerprint density at radius 2 is 1.80 bits per heavy atom. The number of carbonyl (C=O) groups is 1. The van der Waals surface area contributed by atoms with E-state index in [1.54, 1.807) is 7.05 Å². The summed E-state index contributed by atoms with van der Waals surface area (Å²) >= 11 is 0. The van der Waals surface area contributed by atoms with Crippen LogP contribution in [0, 0.1) is 5.92 Å². The smallest absolute Gasteiger partial charge is 0.281 e. The van der Waals surface area contributed by atoms with E-state index in [1.807, 2.05) is 0 Å². The number of nitrogens with zero attached hydrogens (tertiary/aromatic N) is 2. The number of rotatable bonds is 4. The molecule has 1 unspecified atom stereocenters. The molecular formula is C13H25N3O3S. The standard InChI is InChI=1S/C13H25N3O3S/c1-15(12-7-3-2-4-8-12)20(18,19)16-9-5-6-11(10-16)13(14)17/h11-12H,2-10H2,1H3,(H2,14,17). The summed E-state index contributed by atoms with van der Waals surface area (Å²) in [6.07, 6.45) is 6.63. The van der Waals surface area contributed by atoms with Crippen LogP contribution in [-0.2, 0) is 15.0 Å². The molecule has 1 saturated carbocycles. The normalized spacial score (nSPS) is 26.8. The van der Waals surface area contributed by atoms with Gasteiger partial charge in [-0.3, -0.25) is 4.79 Å². The van der Waals surface area contributed by atoms with E-state index in [-0.39, 0.29) is 18.5 Å². The van der Waals surface area contributed by atoms with Crippen LogP contribution < -0.4 is 5.73 Å². The third kappa shape index (κ3) is 3.32. The van der Waals surface area contributed by atoms with Gasteiger partial charge < -0.3 is 5.73 Å².